The molecule has 0 aromatic rings. The minimum Gasteiger partial charge on any atom is -0.458 e. The smallest absolute Gasteiger partial charge is 0.306 e. The van der Waals surface area contributed by atoms with E-state index < -0.39 is 46.6 Å². The average molecular weight is 491 g/mol. The molecule has 0 bridgehead atoms. The first-order valence-corrected chi connectivity index (χ1v) is 13.2. The van der Waals surface area contributed by atoms with Crippen molar-refractivity contribution in [3.8, 4) is 0 Å². The highest BCUT2D eigenvalue weighted by molar-refractivity contribution is 5.80. The third-order valence-electron chi connectivity index (χ3n) is 9.93. The van der Waals surface area contributed by atoms with Crippen LogP contribution >= 0.6 is 0 Å². The lowest BCUT2D eigenvalue weighted by Crippen LogP contribution is -2.72. The van der Waals surface area contributed by atoms with Crippen molar-refractivity contribution in [2.24, 2.45) is 34.5 Å². The lowest BCUT2D eigenvalue weighted by atomic mass is 9.44. The number of carbonyl (C=O) groups is 3. The predicted molar refractivity (Wildman–Crippen MR) is 129 cm³/mol. The third-order valence-corrected chi connectivity index (χ3v) is 9.93. The first-order chi connectivity index (χ1) is 16.3. The highest BCUT2D eigenvalue weighted by Gasteiger charge is 2.75. The fourth-order valence-electron chi connectivity index (χ4n) is 8.31. The monoisotopic (exact) mass is 490 g/mol. The first kappa shape index (κ1) is 26.3. The van der Waals surface area contributed by atoms with E-state index in [0.717, 1.165) is 5.57 Å². The van der Waals surface area contributed by atoms with Gasteiger partial charge in [-0.15, -0.1) is 0 Å². The normalized spacial score (nSPS) is 44.5. The van der Waals surface area contributed by atoms with Gasteiger partial charge in [-0.3, -0.25) is 14.4 Å². The van der Waals surface area contributed by atoms with Crippen molar-refractivity contribution in [2.45, 2.75) is 110 Å². The summed E-state index contributed by atoms with van der Waals surface area (Å²) < 4.78 is 12.2. The van der Waals surface area contributed by atoms with Gasteiger partial charge < -0.3 is 19.7 Å². The maximum Gasteiger partial charge on any atom is 0.306 e. The van der Waals surface area contributed by atoms with Gasteiger partial charge in [-0.1, -0.05) is 39.3 Å². The topological polar surface area (TPSA) is 110 Å². The molecule has 9 atom stereocenters. The minimum atomic E-state index is -1.25. The van der Waals surface area contributed by atoms with Gasteiger partial charge in [0.2, 0.25) is 0 Å². The van der Waals surface area contributed by atoms with Crippen molar-refractivity contribution in [1.29, 1.82) is 0 Å². The second-order valence-corrected chi connectivity index (χ2v) is 12.4. The van der Waals surface area contributed by atoms with Crippen molar-refractivity contribution < 1.29 is 34.1 Å². The number of carbonyl (C=O) groups excluding carboxylic acids is 3. The molecule has 0 saturated heterocycles. The lowest BCUT2D eigenvalue weighted by Gasteiger charge is -2.64. The highest BCUT2D eigenvalue weighted by atomic mass is 16.6. The van der Waals surface area contributed by atoms with Gasteiger partial charge >= 0.3 is 11.9 Å². The largest absolute Gasteiger partial charge is 0.458 e. The summed E-state index contributed by atoms with van der Waals surface area (Å²) in [5, 5.41) is 22.9. The molecule has 196 valence electrons. The Hall–Kier alpha value is -1.73. The van der Waals surface area contributed by atoms with Crippen LogP contribution in [0.3, 0.4) is 0 Å². The second kappa shape index (κ2) is 8.98. The van der Waals surface area contributed by atoms with E-state index in [-0.39, 0.29) is 35.9 Å². The average Bonchev–Trinajstić information content (AvgIpc) is 3.02. The molecule has 0 aliphatic heterocycles. The van der Waals surface area contributed by atoms with Crippen LogP contribution in [0.4, 0.5) is 0 Å². The molecule has 9 unspecified atom stereocenters. The van der Waals surface area contributed by atoms with Crippen molar-refractivity contribution >= 4 is 17.7 Å². The summed E-state index contributed by atoms with van der Waals surface area (Å²) >= 11 is 0. The van der Waals surface area contributed by atoms with E-state index in [1.807, 2.05) is 20.8 Å². The fraction of sp³-hybridized carbons (Fsp3) is 0.821. The van der Waals surface area contributed by atoms with E-state index in [9.17, 15) is 24.6 Å². The summed E-state index contributed by atoms with van der Waals surface area (Å²) in [7, 11) is 0. The molecule has 3 fully saturated rings. The number of esters is 2. The van der Waals surface area contributed by atoms with E-state index in [4.69, 9.17) is 9.47 Å². The Morgan fingerprint density at radius 1 is 1.11 bits per heavy atom. The zero-order valence-corrected chi connectivity index (χ0v) is 22.0. The van der Waals surface area contributed by atoms with E-state index in [2.05, 4.69) is 13.0 Å². The summed E-state index contributed by atoms with van der Waals surface area (Å²) in [5.41, 5.74) is -1.63. The molecule has 4 aliphatic rings. The SMILES string of the molecule is CC(=O)OC1C(OC(=O)CC(C)C)C2C(CC=C3CC(O)CCC32C)C2(O)CCC(C(C)=O)C12C. The molecule has 2 N–H and O–H groups in total. The van der Waals surface area contributed by atoms with E-state index in [0.29, 0.717) is 38.5 Å². The number of hydrogen-bond donors (Lipinski definition) is 2. The van der Waals surface area contributed by atoms with Crippen LogP contribution in [0.1, 0.15) is 86.5 Å². The molecule has 0 spiro atoms. The van der Waals surface area contributed by atoms with Crippen molar-refractivity contribution in [1.82, 2.24) is 0 Å². The molecule has 35 heavy (non-hydrogen) atoms. The van der Waals surface area contributed by atoms with Crippen LogP contribution in [0.5, 0.6) is 0 Å². The van der Waals surface area contributed by atoms with Gasteiger partial charge in [-0.25, -0.2) is 0 Å². The fourth-order valence-corrected chi connectivity index (χ4v) is 8.31. The molecule has 3 saturated carbocycles. The Balaban J connectivity index is 1.90. The summed E-state index contributed by atoms with van der Waals surface area (Å²) in [4.78, 5) is 38.4. The number of fused-ring (bicyclic) bond motifs is 5. The predicted octanol–water partition coefficient (Wildman–Crippen LogP) is 3.74. The van der Waals surface area contributed by atoms with E-state index in [1.165, 1.54) is 13.8 Å². The Kier molecular flexibility index (Phi) is 6.76. The van der Waals surface area contributed by atoms with Crippen LogP contribution in [0.2, 0.25) is 0 Å². The number of aliphatic hydroxyl groups is 2. The molecular weight excluding hydrogens is 448 g/mol. The highest BCUT2D eigenvalue weighted by Crippen LogP contribution is 2.69. The minimum absolute atomic E-state index is 0.0506. The van der Waals surface area contributed by atoms with Crippen LogP contribution in [0.25, 0.3) is 0 Å². The maximum atomic E-state index is 13.1. The van der Waals surface area contributed by atoms with Gasteiger partial charge in [0.1, 0.15) is 18.0 Å². The molecule has 0 radical (unpaired) electrons. The second-order valence-electron chi connectivity index (χ2n) is 12.4. The molecule has 0 aromatic carbocycles. The van der Waals surface area contributed by atoms with Crippen molar-refractivity contribution in [3.05, 3.63) is 11.6 Å². The summed E-state index contributed by atoms with van der Waals surface area (Å²) in [6, 6.07) is 0. The van der Waals surface area contributed by atoms with E-state index in [1.54, 1.807) is 0 Å². The summed E-state index contributed by atoms with van der Waals surface area (Å²) in [6.07, 6.45) is 3.61. The van der Waals surface area contributed by atoms with Gasteiger partial charge in [0.15, 0.2) is 0 Å². The van der Waals surface area contributed by atoms with Crippen LogP contribution in [0.15, 0.2) is 11.6 Å². The molecular formula is C28H42O7. The molecule has 4 aliphatic carbocycles. The number of Topliss-reactive ketones (excluding diaryl/α,β-unsaturated/α-hetero) is 1. The zero-order chi connectivity index (χ0) is 25.9. The maximum absolute atomic E-state index is 13.1. The van der Waals surface area contributed by atoms with Crippen LogP contribution in [0, 0.1) is 34.5 Å². The standard InChI is InChI=1S/C28H42O7/c1-15(2)13-22(32)35-24-23-21(8-7-18-14-19(31)9-11-26(18,23)5)28(33)12-10-20(16(3)29)27(28,6)25(24)34-17(4)30/h7,15,19-21,23-25,31,33H,8-14H2,1-6H3. The number of allylic oxidation sites excluding steroid dienone is 1. The van der Waals surface area contributed by atoms with Crippen LogP contribution < -0.4 is 0 Å². The molecule has 4 rings (SSSR count). The molecule has 0 aromatic heterocycles. The lowest BCUT2D eigenvalue weighted by molar-refractivity contribution is -0.274. The quantitative estimate of drug-likeness (QED) is 0.446. The van der Waals surface area contributed by atoms with Crippen LogP contribution in [-0.4, -0.2) is 51.8 Å². The Bertz CT molecular complexity index is 924. The molecule has 7 nitrogen and oxygen atoms in total. The molecule has 0 heterocycles. The van der Waals surface area contributed by atoms with Crippen molar-refractivity contribution in [2.75, 3.05) is 0 Å². The Labute approximate surface area is 208 Å². The number of hydrogen-bond acceptors (Lipinski definition) is 7. The van der Waals surface area contributed by atoms with E-state index >= 15 is 0 Å². The number of ketones is 1. The number of ether oxygens (including phenoxy) is 2. The zero-order valence-electron chi connectivity index (χ0n) is 22.0. The Morgan fingerprint density at radius 2 is 1.80 bits per heavy atom. The molecule has 7 heteroatoms. The van der Waals surface area contributed by atoms with Crippen LogP contribution in [-0.2, 0) is 23.9 Å². The van der Waals surface area contributed by atoms with Crippen molar-refractivity contribution in [3.63, 3.8) is 0 Å². The summed E-state index contributed by atoms with van der Waals surface area (Å²) in [6.45, 7) is 10.7. The van der Waals surface area contributed by atoms with Gasteiger partial charge in [-0.2, -0.15) is 0 Å². The Morgan fingerprint density at radius 3 is 2.40 bits per heavy atom. The third kappa shape index (κ3) is 3.97. The van der Waals surface area contributed by atoms with Gasteiger partial charge in [0, 0.05) is 30.6 Å². The number of rotatable bonds is 5. The van der Waals surface area contributed by atoms with Gasteiger partial charge in [0.05, 0.1) is 11.7 Å². The summed E-state index contributed by atoms with van der Waals surface area (Å²) in [5.74, 6) is -1.89. The van der Waals surface area contributed by atoms with Gasteiger partial charge in [-0.05, 0) is 62.7 Å². The molecule has 0 amide bonds. The first-order valence-electron chi connectivity index (χ1n) is 13.2. The van der Waals surface area contributed by atoms with Gasteiger partial charge in [0.25, 0.3) is 0 Å². The number of aliphatic hydroxyl groups excluding tert-OH is 1.